The van der Waals surface area contributed by atoms with Gasteiger partial charge in [-0.2, -0.15) is 0 Å². The van der Waals surface area contributed by atoms with Crippen molar-refractivity contribution in [1.29, 1.82) is 0 Å². The van der Waals surface area contributed by atoms with Crippen LogP contribution in [0.15, 0.2) is 132 Å². The maximum absolute atomic E-state index is 6.43. The van der Waals surface area contributed by atoms with Crippen LogP contribution in [0, 0.1) is 0 Å². The molecule has 0 bridgehead atoms. The van der Waals surface area contributed by atoms with Gasteiger partial charge in [-0.3, -0.25) is 4.98 Å². The molecule has 4 aromatic heterocycles. The molecule has 0 saturated heterocycles. The lowest BCUT2D eigenvalue weighted by atomic mass is 9.94. The minimum atomic E-state index is 0.886. The Hall–Kier alpha value is -5.22. The molecule has 4 nitrogen and oxygen atoms in total. The van der Waals surface area contributed by atoms with E-state index in [9.17, 15) is 0 Å². The molecule has 8 aromatic rings. The van der Waals surface area contributed by atoms with E-state index in [2.05, 4.69) is 94.4 Å². The molecule has 0 aliphatic heterocycles. The zero-order valence-electron chi connectivity index (χ0n) is 20.4. The molecule has 0 radical (unpaired) electrons. The molecule has 0 N–H and O–H groups in total. The average Bonchev–Trinajstić information content (AvgIpc) is 3.59. The van der Waals surface area contributed by atoms with Crippen LogP contribution in [-0.2, 0) is 0 Å². The van der Waals surface area contributed by atoms with Crippen LogP contribution in [0.4, 0.5) is 0 Å². The number of furan rings is 1. The summed E-state index contributed by atoms with van der Waals surface area (Å²) in [6.45, 7) is 0. The van der Waals surface area contributed by atoms with Crippen LogP contribution in [0.3, 0.4) is 0 Å². The normalized spacial score (nSPS) is 11.7. The van der Waals surface area contributed by atoms with Crippen molar-refractivity contribution in [2.75, 3.05) is 0 Å². The summed E-state index contributed by atoms with van der Waals surface area (Å²) < 4.78 is 8.48. The highest BCUT2D eigenvalue weighted by Gasteiger charge is 2.16. The van der Waals surface area contributed by atoms with E-state index in [0.717, 1.165) is 60.9 Å². The highest BCUT2D eigenvalue weighted by Crippen LogP contribution is 2.41. The van der Waals surface area contributed by atoms with Gasteiger partial charge in [0, 0.05) is 52.1 Å². The van der Waals surface area contributed by atoms with Crippen molar-refractivity contribution in [2.45, 2.75) is 0 Å². The third-order valence-electron chi connectivity index (χ3n) is 7.33. The molecular weight excluding hydrogens is 466 g/mol. The third kappa shape index (κ3) is 3.24. The van der Waals surface area contributed by atoms with E-state index in [-0.39, 0.29) is 0 Å². The van der Waals surface area contributed by atoms with Crippen LogP contribution in [-0.4, -0.2) is 14.4 Å². The Morgan fingerprint density at radius 1 is 0.605 bits per heavy atom. The number of hydrogen-bond donors (Lipinski definition) is 0. The fraction of sp³-hybridized carbons (Fsp3) is 0. The molecule has 0 aliphatic rings. The summed E-state index contributed by atoms with van der Waals surface area (Å²) in [5.41, 5.74) is 9.37. The van der Waals surface area contributed by atoms with E-state index < -0.39 is 0 Å². The van der Waals surface area contributed by atoms with Gasteiger partial charge in [0.15, 0.2) is 0 Å². The van der Waals surface area contributed by atoms with E-state index >= 15 is 0 Å². The Kier molecular flexibility index (Phi) is 4.49. The fourth-order valence-corrected chi connectivity index (χ4v) is 5.44. The number of rotatable bonds is 3. The Balaban J connectivity index is 1.31. The first-order chi connectivity index (χ1) is 18.8. The predicted octanol–water partition coefficient (Wildman–Crippen LogP) is 8.78. The molecule has 178 valence electrons. The molecule has 0 aliphatic carbocycles. The van der Waals surface area contributed by atoms with E-state index in [1.807, 2.05) is 36.7 Å². The topological polar surface area (TPSA) is 43.3 Å². The molecule has 4 heterocycles. The lowest BCUT2D eigenvalue weighted by Gasteiger charge is -2.09. The zero-order valence-corrected chi connectivity index (χ0v) is 20.4. The minimum Gasteiger partial charge on any atom is -0.455 e. The van der Waals surface area contributed by atoms with E-state index in [1.165, 1.54) is 10.9 Å². The van der Waals surface area contributed by atoms with Crippen LogP contribution in [0.5, 0.6) is 0 Å². The summed E-state index contributed by atoms with van der Waals surface area (Å²) in [5.74, 6) is 0. The second-order valence-corrected chi connectivity index (χ2v) is 9.57. The van der Waals surface area contributed by atoms with Gasteiger partial charge in [-0.25, -0.2) is 4.98 Å². The lowest BCUT2D eigenvalue weighted by molar-refractivity contribution is 0.673. The van der Waals surface area contributed by atoms with Gasteiger partial charge in [-0.15, -0.1) is 0 Å². The summed E-state index contributed by atoms with van der Waals surface area (Å²) in [6, 6.07) is 35.9. The summed E-state index contributed by atoms with van der Waals surface area (Å²) in [7, 11) is 0. The molecule has 38 heavy (non-hydrogen) atoms. The Morgan fingerprint density at radius 3 is 2.26 bits per heavy atom. The number of imidazole rings is 1. The standard InChI is InChI=1S/C34H21N3O/c1-2-8-27-26(7-1)28(22-10-12-23(13-11-22)31-21-37-17-4-3-9-33(37)36-31)19-30-29-18-24(25-6-5-16-35-20-25)14-15-32(29)38-34(27)30/h1-21H. The van der Waals surface area contributed by atoms with Gasteiger partial charge >= 0.3 is 0 Å². The van der Waals surface area contributed by atoms with Gasteiger partial charge in [-0.1, -0.05) is 66.7 Å². The predicted molar refractivity (Wildman–Crippen MR) is 154 cm³/mol. The van der Waals surface area contributed by atoms with Crippen molar-refractivity contribution in [3.63, 3.8) is 0 Å². The van der Waals surface area contributed by atoms with Gasteiger partial charge in [0.1, 0.15) is 16.8 Å². The van der Waals surface area contributed by atoms with Crippen LogP contribution in [0.1, 0.15) is 0 Å². The highest BCUT2D eigenvalue weighted by atomic mass is 16.3. The van der Waals surface area contributed by atoms with Gasteiger partial charge in [0.05, 0.1) is 5.69 Å². The zero-order chi connectivity index (χ0) is 25.1. The first kappa shape index (κ1) is 20.9. The number of aromatic nitrogens is 3. The maximum atomic E-state index is 6.43. The molecule has 0 amide bonds. The summed E-state index contributed by atoms with van der Waals surface area (Å²) >= 11 is 0. The van der Waals surface area contributed by atoms with Gasteiger partial charge < -0.3 is 8.82 Å². The Bertz CT molecular complexity index is 2090. The Labute approximate surface area is 218 Å². The molecular formula is C34H21N3O. The van der Waals surface area contributed by atoms with Crippen LogP contribution >= 0.6 is 0 Å². The lowest BCUT2D eigenvalue weighted by Crippen LogP contribution is -1.84. The van der Waals surface area contributed by atoms with Crippen molar-refractivity contribution in [1.82, 2.24) is 14.4 Å². The van der Waals surface area contributed by atoms with Crippen molar-refractivity contribution in [3.05, 3.63) is 128 Å². The molecule has 0 saturated carbocycles. The molecule has 0 unspecified atom stereocenters. The van der Waals surface area contributed by atoms with Crippen LogP contribution in [0.25, 0.3) is 71.9 Å². The second-order valence-electron chi connectivity index (χ2n) is 9.57. The van der Waals surface area contributed by atoms with Gasteiger partial charge in [0.25, 0.3) is 0 Å². The van der Waals surface area contributed by atoms with E-state index in [0.29, 0.717) is 0 Å². The number of hydrogen-bond acceptors (Lipinski definition) is 3. The molecule has 4 heteroatoms. The summed E-state index contributed by atoms with van der Waals surface area (Å²) in [4.78, 5) is 9.08. The molecule has 0 atom stereocenters. The number of pyridine rings is 2. The molecule has 0 spiro atoms. The van der Waals surface area contributed by atoms with Crippen LogP contribution in [0.2, 0.25) is 0 Å². The summed E-state index contributed by atoms with van der Waals surface area (Å²) in [6.07, 6.45) is 7.79. The van der Waals surface area contributed by atoms with Crippen molar-refractivity contribution in [3.8, 4) is 33.5 Å². The number of fused-ring (bicyclic) bond motifs is 6. The minimum absolute atomic E-state index is 0.886. The smallest absolute Gasteiger partial charge is 0.143 e. The molecule has 0 fully saturated rings. The van der Waals surface area contributed by atoms with E-state index in [4.69, 9.17) is 9.40 Å². The van der Waals surface area contributed by atoms with Crippen LogP contribution < -0.4 is 0 Å². The van der Waals surface area contributed by atoms with Gasteiger partial charge in [-0.05, 0) is 58.5 Å². The quantitative estimate of drug-likeness (QED) is 0.250. The monoisotopic (exact) mass is 487 g/mol. The van der Waals surface area contributed by atoms with Crippen molar-refractivity contribution >= 4 is 38.4 Å². The van der Waals surface area contributed by atoms with Crippen molar-refractivity contribution < 1.29 is 4.42 Å². The molecule has 4 aromatic carbocycles. The maximum Gasteiger partial charge on any atom is 0.143 e. The molecule has 8 rings (SSSR count). The Morgan fingerprint density at radius 2 is 1.42 bits per heavy atom. The fourth-order valence-electron chi connectivity index (χ4n) is 5.44. The number of nitrogens with zero attached hydrogens (tertiary/aromatic N) is 3. The first-order valence-corrected chi connectivity index (χ1v) is 12.6. The average molecular weight is 488 g/mol. The highest BCUT2D eigenvalue weighted by molar-refractivity contribution is 6.19. The van der Waals surface area contributed by atoms with Crippen molar-refractivity contribution in [2.24, 2.45) is 0 Å². The SMILES string of the molecule is c1cncc(-c2ccc3oc4c5ccccc5c(-c5ccc(-c6cn7ccccc7n6)cc5)cc4c3c2)c1. The first-order valence-electron chi connectivity index (χ1n) is 12.6. The van der Waals surface area contributed by atoms with Gasteiger partial charge in [0.2, 0.25) is 0 Å². The summed E-state index contributed by atoms with van der Waals surface area (Å²) in [5, 5.41) is 4.51. The largest absolute Gasteiger partial charge is 0.455 e. The third-order valence-corrected chi connectivity index (χ3v) is 7.33. The second kappa shape index (κ2) is 8.15. The number of benzene rings is 4. The van der Waals surface area contributed by atoms with E-state index in [1.54, 1.807) is 6.20 Å².